The number of hydrogen-bond acceptors (Lipinski definition) is 2. The molecule has 1 saturated heterocycles. The quantitative estimate of drug-likeness (QED) is 0.858. The van der Waals surface area contributed by atoms with E-state index in [0.29, 0.717) is 5.92 Å². The van der Waals surface area contributed by atoms with E-state index in [-0.39, 0.29) is 5.91 Å². The number of nitrogens with one attached hydrogen (secondary N) is 1. The van der Waals surface area contributed by atoms with E-state index >= 15 is 0 Å². The van der Waals surface area contributed by atoms with Crippen LogP contribution in [-0.4, -0.2) is 37.0 Å². The van der Waals surface area contributed by atoms with Crippen LogP contribution >= 0.6 is 0 Å². The molecular formula is C15H20N2O. The van der Waals surface area contributed by atoms with Gasteiger partial charge in [0.1, 0.15) is 0 Å². The Morgan fingerprint density at radius 3 is 2.83 bits per heavy atom. The Hall–Kier alpha value is -1.35. The predicted molar refractivity (Wildman–Crippen MR) is 71.6 cm³/mol. The summed E-state index contributed by atoms with van der Waals surface area (Å²) in [5.74, 6) is 0.913. The van der Waals surface area contributed by atoms with E-state index in [4.69, 9.17) is 0 Å². The molecule has 2 aliphatic rings. The average molecular weight is 244 g/mol. The second kappa shape index (κ2) is 5.11. The molecule has 0 spiro atoms. The molecule has 96 valence electrons. The van der Waals surface area contributed by atoms with Crippen molar-refractivity contribution in [3.05, 3.63) is 35.4 Å². The molecule has 0 saturated carbocycles. The number of hydrogen-bond donors (Lipinski definition) is 1. The van der Waals surface area contributed by atoms with Crippen molar-refractivity contribution < 1.29 is 4.79 Å². The van der Waals surface area contributed by atoms with E-state index in [0.717, 1.165) is 38.2 Å². The van der Waals surface area contributed by atoms with Crippen LogP contribution in [0.1, 0.15) is 28.8 Å². The fourth-order valence-corrected chi connectivity index (χ4v) is 3.02. The van der Waals surface area contributed by atoms with Gasteiger partial charge in [-0.1, -0.05) is 18.2 Å². The molecule has 0 atom stereocenters. The topological polar surface area (TPSA) is 32.3 Å². The Morgan fingerprint density at radius 1 is 1.22 bits per heavy atom. The van der Waals surface area contributed by atoms with E-state index in [9.17, 15) is 4.79 Å². The zero-order valence-electron chi connectivity index (χ0n) is 10.7. The molecular weight excluding hydrogens is 224 g/mol. The summed E-state index contributed by atoms with van der Waals surface area (Å²) in [6.45, 7) is 4.03. The monoisotopic (exact) mass is 244 g/mol. The lowest BCUT2D eigenvalue weighted by atomic mass is 9.94. The third-order valence-corrected chi connectivity index (χ3v) is 4.12. The lowest BCUT2D eigenvalue weighted by Gasteiger charge is -2.33. The minimum absolute atomic E-state index is 0.232. The molecule has 3 rings (SSSR count). The Bertz CT molecular complexity index is 438. The number of rotatable bonds is 2. The van der Waals surface area contributed by atoms with Crippen molar-refractivity contribution in [2.45, 2.75) is 19.3 Å². The van der Waals surface area contributed by atoms with Crippen LogP contribution in [0.2, 0.25) is 0 Å². The van der Waals surface area contributed by atoms with Crippen LogP contribution in [0.3, 0.4) is 0 Å². The molecule has 1 aromatic carbocycles. The number of carbonyl (C=O) groups is 1. The van der Waals surface area contributed by atoms with E-state index in [1.807, 2.05) is 18.2 Å². The molecule has 18 heavy (non-hydrogen) atoms. The first-order valence-corrected chi connectivity index (χ1v) is 6.92. The van der Waals surface area contributed by atoms with Crippen LogP contribution < -0.4 is 5.32 Å². The number of benzene rings is 1. The Morgan fingerprint density at radius 2 is 2.00 bits per heavy atom. The zero-order chi connectivity index (χ0) is 12.4. The summed E-state index contributed by atoms with van der Waals surface area (Å²) < 4.78 is 0. The van der Waals surface area contributed by atoms with Gasteiger partial charge in [-0.25, -0.2) is 0 Å². The maximum absolute atomic E-state index is 12.4. The highest BCUT2D eigenvalue weighted by molar-refractivity contribution is 5.96. The highest BCUT2D eigenvalue weighted by Gasteiger charge is 2.26. The van der Waals surface area contributed by atoms with Crippen LogP contribution in [-0.2, 0) is 6.42 Å². The minimum atomic E-state index is 0.232. The van der Waals surface area contributed by atoms with Gasteiger partial charge in [0.05, 0.1) is 0 Å². The normalized spacial score (nSPS) is 20.9. The smallest absolute Gasteiger partial charge is 0.254 e. The van der Waals surface area contributed by atoms with Crippen LogP contribution in [0, 0.1) is 5.92 Å². The number of nitrogens with zero attached hydrogens (tertiary/aromatic N) is 1. The number of amides is 1. The second-order valence-corrected chi connectivity index (χ2v) is 5.35. The van der Waals surface area contributed by atoms with Crippen LogP contribution in [0.4, 0.5) is 0 Å². The van der Waals surface area contributed by atoms with Crippen molar-refractivity contribution >= 4 is 5.91 Å². The van der Waals surface area contributed by atoms with Crippen molar-refractivity contribution in [1.82, 2.24) is 10.2 Å². The van der Waals surface area contributed by atoms with Gasteiger partial charge in [-0.2, -0.15) is 0 Å². The first kappa shape index (κ1) is 11.7. The Kier molecular flexibility index (Phi) is 3.33. The molecule has 3 heteroatoms. The lowest BCUT2D eigenvalue weighted by Crippen LogP contribution is -2.42. The number of piperidine rings is 1. The molecule has 2 heterocycles. The fraction of sp³-hybridized carbons (Fsp3) is 0.533. The van der Waals surface area contributed by atoms with Crippen molar-refractivity contribution in [2.75, 3.05) is 26.2 Å². The van der Waals surface area contributed by atoms with Crippen LogP contribution in [0.25, 0.3) is 0 Å². The highest BCUT2D eigenvalue weighted by atomic mass is 16.2. The molecule has 1 N–H and O–H groups in total. The van der Waals surface area contributed by atoms with E-state index in [1.54, 1.807) is 0 Å². The molecule has 0 aliphatic carbocycles. The van der Waals surface area contributed by atoms with Gasteiger partial charge in [0.15, 0.2) is 0 Å². The van der Waals surface area contributed by atoms with Crippen molar-refractivity contribution in [3.63, 3.8) is 0 Å². The summed E-state index contributed by atoms with van der Waals surface area (Å²) in [5, 5.41) is 3.38. The molecule has 1 aromatic rings. The highest BCUT2D eigenvalue weighted by Crippen LogP contribution is 2.21. The first-order chi connectivity index (χ1) is 8.84. The molecule has 1 amide bonds. The standard InChI is InChI=1S/C15H20N2O/c18-15-14-4-2-1-3-13(14)7-10-17(15)11-12-5-8-16-9-6-12/h1-4,12,16H,5-11H2. The number of fused-ring (bicyclic) bond motifs is 1. The maximum Gasteiger partial charge on any atom is 0.254 e. The fourth-order valence-electron chi connectivity index (χ4n) is 3.02. The van der Waals surface area contributed by atoms with Gasteiger partial charge in [-0.3, -0.25) is 4.79 Å². The SMILES string of the molecule is O=C1c2ccccc2CCN1CC1CCNCC1. The Balaban J connectivity index is 1.70. The zero-order valence-corrected chi connectivity index (χ0v) is 10.7. The summed E-state index contributed by atoms with van der Waals surface area (Å²) in [4.78, 5) is 14.5. The van der Waals surface area contributed by atoms with Crippen LogP contribution in [0.5, 0.6) is 0 Å². The summed E-state index contributed by atoms with van der Waals surface area (Å²) in [7, 11) is 0. The summed E-state index contributed by atoms with van der Waals surface area (Å²) >= 11 is 0. The largest absolute Gasteiger partial charge is 0.338 e. The third kappa shape index (κ3) is 2.27. The molecule has 0 unspecified atom stereocenters. The molecule has 0 aromatic heterocycles. The van der Waals surface area contributed by atoms with Crippen LogP contribution in [0.15, 0.2) is 24.3 Å². The third-order valence-electron chi connectivity index (χ3n) is 4.12. The van der Waals surface area contributed by atoms with Gasteiger partial charge in [-0.05, 0) is 49.9 Å². The van der Waals surface area contributed by atoms with Gasteiger partial charge in [0, 0.05) is 18.7 Å². The van der Waals surface area contributed by atoms with Gasteiger partial charge in [-0.15, -0.1) is 0 Å². The number of carbonyl (C=O) groups excluding carboxylic acids is 1. The van der Waals surface area contributed by atoms with Gasteiger partial charge in [0.2, 0.25) is 0 Å². The summed E-state index contributed by atoms with van der Waals surface area (Å²) in [5.41, 5.74) is 2.13. The van der Waals surface area contributed by atoms with Gasteiger partial charge < -0.3 is 10.2 Å². The minimum Gasteiger partial charge on any atom is -0.338 e. The molecule has 0 bridgehead atoms. The van der Waals surface area contributed by atoms with Crippen molar-refractivity contribution in [2.24, 2.45) is 5.92 Å². The molecule has 1 fully saturated rings. The second-order valence-electron chi connectivity index (χ2n) is 5.35. The Labute approximate surface area is 108 Å². The van der Waals surface area contributed by atoms with E-state index in [1.165, 1.54) is 18.4 Å². The van der Waals surface area contributed by atoms with E-state index in [2.05, 4.69) is 16.3 Å². The van der Waals surface area contributed by atoms with E-state index < -0.39 is 0 Å². The van der Waals surface area contributed by atoms with Gasteiger partial charge >= 0.3 is 0 Å². The predicted octanol–water partition coefficient (Wildman–Crippen LogP) is 1.68. The first-order valence-electron chi connectivity index (χ1n) is 6.92. The van der Waals surface area contributed by atoms with Gasteiger partial charge in [0.25, 0.3) is 5.91 Å². The maximum atomic E-state index is 12.4. The van der Waals surface area contributed by atoms with Crippen molar-refractivity contribution in [1.29, 1.82) is 0 Å². The van der Waals surface area contributed by atoms with Crippen molar-refractivity contribution in [3.8, 4) is 0 Å². The summed E-state index contributed by atoms with van der Waals surface area (Å²) in [6, 6.07) is 8.03. The average Bonchev–Trinajstić information content (AvgIpc) is 2.43. The molecule has 2 aliphatic heterocycles. The molecule has 3 nitrogen and oxygen atoms in total. The lowest BCUT2D eigenvalue weighted by molar-refractivity contribution is 0.0699. The summed E-state index contributed by atoms with van der Waals surface area (Å²) in [6.07, 6.45) is 3.41. The molecule has 0 radical (unpaired) electrons.